The van der Waals surface area contributed by atoms with Gasteiger partial charge in [-0.05, 0) is 57.0 Å². The summed E-state index contributed by atoms with van der Waals surface area (Å²) in [6.45, 7) is 5.50. The van der Waals surface area contributed by atoms with Gasteiger partial charge in [0.05, 0.1) is 19.2 Å². The number of aromatic nitrogens is 1. The first-order valence-corrected chi connectivity index (χ1v) is 8.90. The van der Waals surface area contributed by atoms with Gasteiger partial charge in [-0.3, -0.25) is 9.59 Å². The van der Waals surface area contributed by atoms with Gasteiger partial charge in [0.15, 0.2) is 0 Å². The van der Waals surface area contributed by atoms with Crippen LogP contribution in [0.25, 0.3) is 5.69 Å². The van der Waals surface area contributed by atoms with E-state index in [0.29, 0.717) is 5.56 Å². The molecule has 6 heteroatoms. The van der Waals surface area contributed by atoms with Crippen molar-refractivity contribution in [2.24, 2.45) is 0 Å². The quantitative estimate of drug-likeness (QED) is 0.896. The summed E-state index contributed by atoms with van der Waals surface area (Å²) in [5.41, 5.74) is 3.36. The van der Waals surface area contributed by atoms with Crippen LogP contribution in [0.2, 0.25) is 0 Å². The highest BCUT2D eigenvalue weighted by molar-refractivity contribution is 5.98. The molecule has 0 bridgehead atoms. The van der Waals surface area contributed by atoms with Crippen molar-refractivity contribution in [2.75, 3.05) is 26.7 Å². The molecule has 26 heavy (non-hydrogen) atoms. The normalized spacial score (nSPS) is 13.7. The first-order chi connectivity index (χ1) is 12.5. The average Bonchev–Trinajstić information content (AvgIpc) is 3.28. The van der Waals surface area contributed by atoms with Crippen molar-refractivity contribution in [2.45, 2.75) is 26.7 Å². The van der Waals surface area contributed by atoms with Crippen molar-refractivity contribution < 1.29 is 14.3 Å². The zero-order valence-corrected chi connectivity index (χ0v) is 15.5. The molecule has 0 radical (unpaired) electrons. The molecule has 0 aliphatic carbocycles. The molecule has 1 fully saturated rings. The first-order valence-electron chi connectivity index (χ1n) is 8.90. The third kappa shape index (κ3) is 3.59. The second kappa shape index (κ2) is 7.64. The molecule has 3 rings (SSSR count). The molecule has 1 saturated heterocycles. The first kappa shape index (κ1) is 18.0. The predicted molar refractivity (Wildman–Crippen MR) is 99.9 cm³/mol. The molecule has 1 N–H and O–H groups in total. The number of amides is 2. The molecule has 1 aliphatic rings. The maximum atomic E-state index is 12.6. The lowest BCUT2D eigenvalue weighted by Crippen LogP contribution is -2.38. The van der Waals surface area contributed by atoms with Crippen molar-refractivity contribution >= 4 is 11.8 Å². The zero-order chi connectivity index (χ0) is 18.7. The smallest absolute Gasteiger partial charge is 0.253 e. The van der Waals surface area contributed by atoms with E-state index in [9.17, 15) is 9.59 Å². The molecule has 2 aromatic rings. The molecule has 0 saturated carbocycles. The SMILES string of the molecule is COc1ccc(-n2c(C)cc(C(=O)NCC(=O)N3CCCC3)c2C)cc1. The Balaban J connectivity index is 1.73. The van der Waals surface area contributed by atoms with Crippen LogP contribution in [0, 0.1) is 13.8 Å². The number of carbonyl (C=O) groups excluding carboxylic acids is 2. The monoisotopic (exact) mass is 355 g/mol. The van der Waals surface area contributed by atoms with E-state index in [0.717, 1.165) is 48.8 Å². The van der Waals surface area contributed by atoms with E-state index in [4.69, 9.17) is 4.74 Å². The van der Waals surface area contributed by atoms with E-state index in [1.165, 1.54) is 0 Å². The number of carbonyl (C=O) groups is 2. The lowest BCUT2D eigenvalue weighted by atomic mass is 10.2. The summed E-state index contributed by atoms with van der Waals surface area (Å²) in [6.07, 6.45) is 2.09. The maximum Gasteiger partial charge on any atom is 0.253 e. The third-order valence-electron chi connectivity index (χ3n) is 4.87. The molecule has 2 amide bonds. The van der Waals surface area contributed by atoms with Gasteiger partial charge in [0.1, 0.15) is 5.75 Å². The number of methoxy groups -OCH3 is 1. The Morgan fingerprint density at radius 3 is 2.38 bits per heavy atom. The summed E-state index contributed by atoms with van der Waals surface area (Å²) in [7, 11) is 1.63. The van der Waals surface area contributed by atoms with E-state index in [1.807, 2.05) is 48.7 Å². The molecule has 1 aromatic heterocycles. The summed E-state index contributed by atoms with van der Waals surface area (Å²) >= 11 is 0. The number of hydrogen-bond acceptors (Lipinski definition) is 3. The van der Waals surface area contributed by atoms with Crippen LogP contribution in [-0.4, -0.2) is 48.0 Å². The van der Waals surface area contributed by atoms with Crippen LogP contribution in [0.1, 0.15) is 34.6 Å². The molecule has 0 atom stereocenters. The van der Waals surface area contributed by atoms with Gasteiger partial charge in [0.2, 0.25) is 5.91 Å². The predicted octanol–water partition coefficient (Wildman–Crippen LogP) is 2.45. The zero-order valence-electron chi connectivity index (χ0n) is 15.5. The van der Waals surface area contributed by atoms with Gasteiger partial charge in [-0.15, -0.1) is 0 Å². The number of benzene rings is 1. The molecular formula is C20H25N3O3. The highest BCUT2D eigenvalue weighted by Crippen LogP contribution is 2.22. The van der Waals surface area contributed by atoms with Crippen molar-refractivity contribution in [1.82, 2.24) is 14.8 Å². The van der Waals surface area contributed by atoms with Crippen molar-refractivity contribution in [1.29, 1.82) is 0 Å². The van der Waals surface area contributed by atoms with Crippen LogP contribution in [0.15, 0.2) is 30.3 Å². The van der Waals surface area contributed by atoms with Crippen LogP contribution < -0.4 is 10.1 Å². The minimum atomic E-state index is -0.217. The van der Waals surface area contributed by atoms with Gasteiger partial charge >= 0.3 is 0 Å². The summed E-state index contributed by atoms with van der Waals surface area (Å²) in [5, 5.41) is 2.76. The Kier molecular flexibility index (Phi) is 5.30. The molecule has 0 spiro atoms. The van der Waals surface area contributed by atoms with E-state index in [1.54, 1.807) is 12.0 Å². The second-order valence-electron chi connectivity index (χ2n) is 6.59. The Hall–Kier alpha value is -2.76. The number of nitrogens with one attached hydrogen (secondary N) is 1. The minimum absolute atomic E-state index is 0.0141. The van der Waals surface area contributed by atoms with Crippen LogP contribution in [0.3, 0.4) is 0 Å². The van der Waals surface area contributed by atoms with Gasteiger partial charge in [0.25, 0.3) is 5.91 Å². The van der Waals surface area contributed by atoms with E-state index in [2.05, 4.69) is 5.32 Å². The Bertz CT molecular complexity index is 802. The number of ether oxygens (including phenoxy) is 1. The molecule has 1 aliphatic heterocycles. The maximum absolute atomic E-state index is 12.6. The summed E-state index contributed by atoms with van der Waals surface area (Å²) in [5.74, 6) is 0.555. The number of aryl methyl sites for hydroxylation is 1. The van der Waals surface area contributed by atoms with Crippen LogP contribution in [0.4, 0.5) is 0 Å². The second-order valence-corrected chi connectivity index (χ2v) is 6.59. The lowest BCUT2D eigenvalue weighted by molar-refractivity contribution is -0.129. The van der Waals surface area contributed by atoms with Gasteiger partial charge in [-0.1, -0.05) is 0 Å². The highest BCUT2D eigenvalue weighted by atomic mass is 16.5. The van der Waals surface area contributed by atoms with Gasteiger partial charge in [-0.2, -0.15) is 0 Å². The van der Waals surface area contributed by atoms with E-state index >= 15 is 0 Å². The molecule has 138 valence electrons. The fourth-order valence-electron chi connectivity index (χ4n) is 3.45. The molecule has 2 heterocycles. The number of rotatable bonds is 5. The number of nitrogens with zero attached hydrogens (tertiary/aromatic N) is 2. The van der Waals surface area contributed by atoms with E-state index in [-0.39, 0.29) is 18.4 Å². The lowest BCUT2D eigenvalue weighted by Gasteiger charge is -2.15. The summed E-state index contributed by atoms with van der Waals surface area (Å²) in [4.78, 5) is 26.5. The molecular weight excluding hydrogens is 330 g/mol. The average molecular weight is 355 g/mol. The Morgan fingerprint density at radius 2 is 1.77 bits per heavy atom. The summed E-state index contributed by atoms with van der Waals surface area (Å²) in [6, 6.07) is 9.55. The topological polar surface area (TPSA) is 63.6 Å². The number of likely N-dealkylation sites (tertiary alicyclic amines) is 1. The fourth-order valence-corrected chi connectivity index (χ4v) is 3.45. The van der Waals surface area contributed by atoms with Crippen LogP contribution >= 0.6 is 0 Å². The Morgan fingerprint density at radius 1 is 1.12 bits per heavy atom. The van der Waals surface area contributed by atoms with Crippen molar-refractivity contribution in [3.63, 3.8) is 0 Å². The number of hydrogen-bond donors (Lipinski definition) is 1. The molecule has 6 nitrogen and oxygen atoms in total. The van der Waals surface area contributed by atoms with Gasteiger partial charge in [0, 0.05) is 30.2 Å². The van der Waals surface area contributed by atoms with Crippen LogP contribution in [0.5, 0.6) is 5.75 Å². The van der Waals surface area contributed by atoms with Crippen molar-refractivity contribution in [3.8, 4) is 11.4 Å². The third-order valence-corrected chi connectivity index (χ3v) is 4.87. The molecule has 1 aromatic carbocycles. The Labute approximate surface area is 153 Å². The minimum Gasteiger partial charge on any atom is -0.497 e. The van der Waals surface area contributed by atoms with Crippen LogP contribution in [-0.2, 0) is 4.79 Å². The van der Waals surface area contributed by atoms with E-state index < -0.39 is 0 Å². The largest absolute Gasteiger partial charge is 0.497 e. The summed E-state index contributed by atoms with van der Waals surface area (Å²) < 4.78 is 7.22. The molecule has 0 unspecified atom stereocenters. The highest BCUT2D eigenvalue weighted by Gasteiger charge is 2.20. The van der Waals surface area contributed by atoms with Gasteiger partial charge < -0.3 is 19.5 Å². The standard InChI is InChI=1S/C20H25N3O3/c1-14-12-18(20(25)21-13-19(24)22-10-4-5-11-22)15(2)23(14)16-6-8-17(26-3)9-7-16/h6-9,12H,4-5,10-11,13H2,1-3H3,(H,21,25). The van der Waals surface area contributed by atoms with Crippen molar-refractivity contribution in [3.05, 3.63) is 47.3 Å². The van der Waals surface area contributed by atoms with Gasteiger partial charge in [-0.25, -0.2) is 0 Å². The fraction of sp³-hybridized carbons (Fsp3) is 0.400.